The van der Waals surface area contributed by atoms with Gasteiger partial charge in [0.2, 0.25) is 5.91 Å². The van der Waals surface area contributed by atoms with Crippen LogP contribution in [-0.4, -0.2) is 48.7 Å². The van der Waals surface area contributed by atoms with Crippen LogP contribution in [0.5, 0.6) is 11.5 Å². The Labute approximate surface area is 189 Å². The van der Waals surface area contributed by atoms with Crippen LogP contribution in [0, 0.1) is 0 Å². The van der Waals surface area contributed by atoms with Gasteiger partial charge >= 0.3 is 0 Å². The van der Waals surface area contributed by atoms with E-state index in [2.05, 4.69) is 4.90 Å². The molecule has 0 unspecified atom stereocenters. The number of carbonyl (C=O) groups is 1. The van der Waals surface area contributed by atoms with Gasteiger partial charge in [-0.25, -0.2) is 0 Å². The fourth-order valence-corrected chi connectivity index (χ4v) is 4.38. The number of benzene rings is 2. The predicted molar refractivity (Wildman–Crippen MR) is 124 cm³/mol. The quantitative estimate of drug-likeness (QED) is 0.667. The molecule has 2 aromatic rings. The van der Waals surface area contributed by atoms with E-state index in [1.807, 2.05) is 30.3 Å². The molecule has 5 rings (SSSR count). The smallest absolute Gasteiger partial charge is 0.227 e. The van der Waals surface area contributed by atoms with Gasteiger partial charge in [0.05, 0.1) is 5.02 Å². The third kappa shape index (κ3) is 6.14. The Morgan fingerprint density at radius 3 is 2.35 bits per heavy atom. The Morgan fingerprint density at radius 2 is 1.74 bits per heavy atom. The molecule has 31 heavy (non-hydrogen) atoms. The summed E-state index contributed by atoms with van der Waals surface area (Å²) >= 11 is 6.27. The molecular formula is C25H31ClN2O3. The van der Waals surface area contributed by atoms with Crippen molar-refractivity contribution < 1.29 is 14.6 Å². The summed E-state index contributed by atoms with van der Waals surface area (Å²) in [5.41, 5.74) is 2.24. The summed E-state index contributed by atoms with van der Waals surface area (Å²) in [5.74, 6) is 2.03. The van der Waals surface area contributed by atoms with E-state index in [9.17, 15) is 4.79 Å². The molecule has 2 saturated heterocycles. The second-order valence-corrected chi connectivity index (χ2v) is 8.93. The molecule has 3 aliphatic rings. The van der Waals surface area contributed by atoms with E-state index >= 15 is 0 Å². The number of phenols is 1. The first-order valence-electron chi connectivity index (χ1n) is 11.3. The first-order valence-corrected chi connectivity index (χ1v) is 11.7. The van der Waals surface area contributed by atoms with Gasteiger partial charge < -0.3 is 14.7 Å². The monoisotopic (exact) mass is 442 g/mol. The largest absolute Gasteiger partial charge is 0.508 e. The minimum Gasteiger partial charge on any atom is -0.508 e. The SMILES string of the molecule is O=C1CCCN1c1ccc(OCCN2CCCC2)c(Cl)c1.Oc1ccc(C2CC2)cc1. The number of halogens is 1. The van der Waals surface area contributed by atoms with E-state index in [0.29, 0.717) is 29.5 Å². The van der Waals surface area contributed by atoms with Crippen molar-refractivity contribution in [1.82, 2.24) is 4.90 Å². The molecule has 0 radical (unpaired) electrons. The molecule has 1 amide bonds. The maximum Gasteiger partial charge on any atom is 0.227 e. The molecule has 1 N–H and O–H groups in total. The maximum absolute atomic E-state index is 11.7. The van der Waals surface area contributed by atoms with Crippen LogP contribution in [-0.2, 0) is 4.79 Å². The highest BCUT2D eigenvalue weighted by Crippen LogP contribution is 2.40. The number of phenolic OH excluding ortho intramolecular Hbond substituents is 1. The maximum atomic E-state index is 11.7. The average Bonchev–Trinajstić information content (AvgIpc) is 3.31. The van der Waals surface area contributed by atoms with Crippen LogP contribution in [0.1, 0.15) is 50.0 Å². The lowest BCUT2D eigenvalue weighted by Crippen LogP contribution is -2.25. The second kappa shape index (κ2) is 10.4. The van der Waals surface area contributed by atoms with Crippen molar-refractivity contribution in [3.63, 3.8) is 0 Å². The molecule has 166 valence electrons. The summed E-state index contributed by atoms with van der Waals surface area (Å²) in [6.07, 6.45) is 6.78. The van der Waals surface area contributed by atoms with E-state index in [4.69, 9.17) is 21.4 Å². The summed E-state index contributed by atoms with van der Waals surface area (Å²) in [4.78, 5) is 15.9. The molecular weight excluding hydrogens is 412 g/mol. The highest BCUT2D eigenvalue weighted by Gasteiger charge is 2.23. The number of carbonyl (C=O) groups excluding carboxylic acids is 1. The summed E-state index contributed by atoms with van der Waals surface area (Å²) < 4.78 is 5.77. The van der Waals surface area contributed by atoms with E-state index in [-0.39, 0.29) is 5.91 Å². The summed E-state index contributed by atoms with van der Waals surface area (Å²) in [5, 5.41) is 9.54. The fraction of sp³-hybridized carbons (Fsp3) is 0.480. The number of hydrogen-bond donors (Lipinski definition) is 1. The Balaban J connectivity index is 0.000000192. The van der Waals surface area contributed by atoms with Crippen molar-refractivity contribution in [2.45, 2.75) is 44.4 Å². The molecule has 3 fully saturated rings. The topological polar surface area (TPSA) is 53.0 Å². The summed E-state index contributed by atoms with van der Waals surface area (Å²) in [6, 6.07) is 13.1. The molecule has 6 heteroatoms. The Bertz CT molecular complexity index is 877. The number of likely N-dealkylation sites (tertiary alicyclic amines) is 1. The Kier molecular flexibility index (Phi) is 7.36. The lowest BCUT2D eigenvalue weighted by atomic mass is 10.1. The summed E-state index contributed by atoms with van der Waals surface area (Å²) in [6.45, 7) is 4.73. The van der Waals surface area contributed by atoms with Gasteiger partial charge in [0.1, 0.15) is 18.1 Å². The normalized spacial score (nSPS) is 18.7. The van der Waals surface area contributed by atoms with Gasteiger partial charge in [0.15, 0.2) is 0 Å². The van der Waals surface area contributed by atoms with Gasteiger partial charge in [-0.2, -0.15) is 0 Å². The van der Waals surface area contributed by atoms with Gasteiger partial charge in [-0.15, -0.1) is 0 Å². The van der Waals surface area contributed by atoms with Crippen LogP contribution < -0.4 is 9.64 Å². The van der Waals surface area contributed by atoms with Crippen LogP contribution in [0.2, 0.25) is 5.02 Å². The number of amides is 1. The van der Waals surface area contributed by atoms with Crippen molar-refractivity contribution in [3.8, 4) is 11.5 Å². The highest BCUT2D eigenvalue weighted by molar-refractivity contribution is 6.32. The van der Waals surface area contributed by atoms with Gasteiger partial charge in [-0.05, 0) is 87.0 Å². The minimum absolute atomic E-state index is 0.175. The van der Waals surface area contributed by atoms with Gasteiger partial charge in [0.25, 0.3) is 0 Å². The minimum atomic E-state index is 0.175. The van der Waals surface area contributed by atoms with Crippen molar-refractivity contribution in [3.05, 3.63) is 53.1 Å². The molecule has 0 spiro atoms. The zero-order valence-corrected chi connectivity index (χ0v) is 18.7. The molecule has 0 aromatic heterocycles. The molecule has 1 aliphatic carbocycles. The standard InChI is InChI=1S/C16H21ClN2O2.C9H10O/c17-14-12-13(19-9-3-4-16(19)20)5-6-15(14)21-11-10-18-7-1-2-8-18;10-9-5-3-8(4-6-9)7-1-2-7/h5-6,12H,1-4,7-11H2;3-7,10H,1-2H2. The van der Waals surface area contributed by atoms with Gasteiger partial charge in [0, 0.05) is 25.2 Å². The number of ether oxygens (including phenoxy) is 1. The van der Waals surface area contributed by atoms with Gasteiger partial charge in [-0.3, -0.25) is 9.69 Å². The van der Waals surface area contributed by atoms with Crippen molar-refractivity contribution in [2.24, 2.45) is 0 Å². The first-order chi connectivity index (χ1) is 15.1. The number of nitrogens with zero attached hydrogens (tertiary/aromatic N) is 2. The van der Waals surface area contributed by atoms with Crippen molar-refractivity contribution >= 4 is 23.2 Å². The number of aromatic hydroxyl groups is 1. The lowest BCUT2D eigenvalue weighted by molar-refractivity contribution is -0.117. The lowest BCUT2D eigenvalue weighted by Gasteiger charge is -2.18. The zero-order chi connectivity index (χ0) is 21.6. The van der Waals surface area contributed by atoms with E-state index in [1.165, 1.54) is 44.3 Å². The Hall–Kier alpha value is -2.24. The molecule has 0 atom stereocenters. The highest BCUT2D eigenvalue weighted by atomic mass is 35.5. The molecule has 2 aromatic carbocycles. The van der Waals surface area contributed by atoms with Crippen LogP contribution in [0.15, 0.2) is 42.5 Å². The van der Waals surface area contributed by atoms with Crippen LogP contribution >= 0.6 is 11.6 Å². The summed E-state index contributed by atoms with van der Waals surface area (Å²) in [7, 11) is 0. The third-order valence-corrected chi connectivity index (χ3v) is 6.40. The molecule has 2 aliphatic heterocycles. The van der Waals surface area contributed by atoms with Crippen molar-refractivity contribution in [1.29, 1.82) is 0 Å². The van der Waals surface area contributed by atoms with E-state index in [1.54, 1.807) is 17.0 Å². The van der Waals surface area contributed by atoms with E-state index < -0.39 is 0 Å². The predicted octanol–water partition coefficient (Wildman–Crippen LogP) is 5.21. The van der Waals surface area contributed by atoms with Crippen LogP contribution in [0.3, 0.4) is 0 Å². The average molecular weight is 443 g/mol. The number of rotatable bonds is 6. The number of anilines is 1. The van der Waals surface area contributed by atoms with E-state index in [0.717, 1.165) is 31.1 Å². The van der Waals surface area contributed by atoms with Crippen LogP contribution in [0.4, 0.5) is 5.69 Å². The Morgan fingerprint density at radius 1 is 1.00 bits per heavy atom. The molecule has 2 heterocycles. The van der Waals surface area contributed by atoms with Crippen molar-refractivity contribution in [2.75, 3.05) is 37.7 Å². The first kappa shape index (κ1) is 22.0. The third-order valence-electron chi connectivity index (χ3n) is 6.11. The molecule has 5 nitrogen and oxygen atoms in total. The zero-order valence-electron chi connectivity index (χ0n) is 17.9. The molecule has 1 saturated carbocycles. The fourth-order valence-electron chi connectivity index (χ4n) is 4.15. The second-order valence-electron chi connectivity index (χ2n) is 8.53. The molecule has 0 bridgehead atoms. The van der Waals surface area contributed by atoms with Gasteiger partial charge in [-0.1, -0.05) is 23.7 Å². The number of hydrogen-bond acceptors (Lipinski definition) is 4. The van der Waals surface area contributed by atoms with Crippen LogP contribution in [0.25, 0.3) is 0 Å².